The lowest BCUT2D eigenvalue weighted by molar-refractivity contribution is -0.133. The summed E-state index contributed by atoms with van der Waals surface area (Å²) in [5.74, 6) is -1.02. The third-order valence-electron chi connectivity index (χ3n) is 3.68. The smallest absolute Gasteiger partial charge is 0.223 e. The van der Waals surface area contributed by atoms with Gasteiger partial charge in [-0.1, -0.05) is 25.1 Å². The van der Waals surface area contributed by atoms with Crippen LogP contribution in [-0.2, 0) is 9.63 Å². The monoisotopic (exact) mass is 336 g/mol. The van der Waals surface area contributed by atoms with E-state index >= 15 is 0 Å². The number of benzene rings is 1. The van der Waals surface area contributed by atoms with Crippen molar-refractivity contribution in [3.63, 3.8) is 0 Å². The highest BCUT2D eigenvalue weighted by atomic mass is 19.1. The van der Waals surface area contributed by atoms with Gasteiger partial charge in [-0.25, -0.2) is 8.78 Å². The Kier molecular flexibility index (Phi) is 6.06. The van der Waals surface area contributed by atoms with E-state index in [-0.39, 0.29) is 23.5 Å². The van der Waals surface area contributed by atoms with E-state index in [0.717, 1.165) is 6.07 Å². The summed E-state index contributed by atoms with van der Waals surface area (Å²) >= 11 is 0. The van der Waals surface area contributed by atoms with Crippen molar-refractivity contribution in [3.05, 3.63) is 48.1 Å². The molecule has 0 N–H and O–H groups in total. The van der Waals surface area contributed by atoms with Crippen molar-refractivity contribution in [2.75, 3.05) is 13.1 Å². The van der Waals surface area contributed by atoms with Crippen LogP contribution in [0.2, 0.25) is 0 Å². The van der Waals surface area contributed by atoms with Crippen molar-refractivity contribution in [3.8, 4) is 0 Å². The predicted octanol–water partition coefficient (Wildman–Crippen LogP) is 3.52. The van der Waals surface area contributed by atoms with E-state index in [2.05, 4.69) is 11.7 Å². The first-order valence-corrected chi connectivity index (χ1v) is 7.97. The third kappa shape index (κ3) is 4.63. The van der Waals surface area contributed by atoms with Crippen LogP contribution in [0.1, 0.15) is 32.3 Å². The number of carbonyl (C=O) groups is 1. The van der Waals surface area contributed by atoms with Crippen molar-refractivity contribution in [1.82, 2.24) is 4.90 Å². The zero-order chi connectivity index (χ0) is 17.7. The van der Waals surface area contributed by atoms with Gasteiger partial charge in [0.1, 0.15) is 11.6 Å². The highest BCUT2D eigenvalue weighted by molar-refractivity contribution is 6.01. The summed E-state index contributed by atoms with van der Waals surface area (Å²) in [5, 5.41) is 3.90. The number of carbonyl (C=O) groups excluding carboxylic acids is 1. The maximum Gasteiger partial charge on any atom is 0.223 e. The molecule has 0 radical (unpaired) electrons. The molecule has 24 heavy (non-hydrogen) atoms. The highest BCUT2D eigenvalue weighted by Crippen LogP contribution is 2.21. The minimum Gasteiger partial charge on any atom is -0.390 e. The molecular weight excluding hydrogens is 314 g/mol. The molecule has 0 saturated heterocycles. The van der Waals surface area contributed by atoms with Gasteiger partial charge in [0, 0.05) is 31.0 Å². The minimum atomic E-state index is -0.670. The zero-order valence-corrected chi connectivity index (χ0v) is 14.0. The number of nitrogens with zero attached hydrogens (tertiary/aromatic N) is 2. The molecule has 1 aliphatic rings. The molecule has 0 saturated carbocycles. The first kappa shape index (κ1) is 18.1. The number of oxime groups is 1. The van der Waals surface area contributed by atoms with Crippen molar-refractivity contribution in [1.29, 1.82) is 0 Å². The first-order chi connectivity index (χ1) is 11.4. The van der Waals surface area contributed by atoms with Crippen LogP contribution >= 0.6 is 0 Å². The second-order valence-corrected chi connectivity index (χ2v) is 6.28. The van der Waals surface area contributed by atoms with Crippen LogP contribution < -0.4 is 0 Å². The zero-order valence-electron chi connectivity index (χ0n) is 14.0. The molecule has 1 atom stereocenters. The molecule has 1 aliphatic heterocycles. The van der Waals surface area contributed by atoms with Crippen LogP contribution in [0.3, 0.4) is 0 Å². The summed E-state index contributed by atoms with van der Waals surface area (Å²) in [6.45, 7) is 8.41. The summed E-state index contributed by atoms with van der Waals surface area (Å²) in [6.07, 6.45) is 2.13. The van der Waals surface area contributed by atoms with Crippen molar-refractivity contribution < 1.29 is 18.4 Å². The van der Waals surface area contributed by atoms with Gasteiger partial charge in [-0.15, -0.1) is 6.58 Å². The molecule has 1 heterocycles. The molecule has 130 valence electrons. The number of hydrogen-bond donors (Lipinski definition) is 0. The van der Waals surface area contributed by atoms with Crippen molar-refractivity contribution in [2.24, 2.45) is 11.1 Å². The van der Waals surface area contributed by atoms with Crippen LogP contribution in [0.15, 0.2) is 36.0 Å². The van der Waals surface area contributed by atoms with Gasteiger partial charge < -0.3 is 9.74 Å². The fourth-order valence-electron chi connectivity index (χ4n) is 2.57. The molecule has 0 aromatic heterocycles. The lowest BCUT2D eigenvalue weighted by Gasteiger charge is -2.24. The lowest BCUT2D eigenvalue weighted by atomic mass is 10.0. The molecule has 1 aromatic rings. The van der Waals surface area contributed by atoms with Crippen LogP contribution in [0, 0.1) is 17.6 Å². The molecule has 1 aromatic carbocycles. The second kappa shape index (κ2) is 8.04. The van der Waals surface area contributed by atoms with Gasteiger partial charge in [-0.05, 0) is 18.1 Å². The maximum absolute atomic E-state index is 13.8. The van der Waals surface area contributed by atoms with Crippen molar-refractivity contribution >= 4 is 11.6 Å². The van der Waals surface area contributed by atoms with E-state index in [1.807, 2.05) is 13.8 Å². The normalized spacial score (nSPS) is 16.7. The molecule has 0 bridgehead atoms. The minimum absolute atomic E-state index is 0.0231. The standard InChI is InChI=1S/C18H22F2N2O2/c1-4-7-22(18(23)8-12(2)3)11-14-10-17(21-24-14)15-6-5-13(19)9-16(15)20/h4-6,9,12,14H,1,7-8,10-11H2,2-3H3/t14-/m0/s1. The van der Waals surface area contributed by atoms with Gasteiger partial charge >= 0.3 is 0 Å². The number of rotatable bonds is 7. The van der Waals surface area contributed by atoms with E-state index in [4.69, 9.17) is 4.84 Å². The van der Waals surface area contributed by atoms with Crippen molar-refractivity contribution in [2.45, 2.75) is 32.8 Å². The largest absolute Gasteiger partial charge is 0.390 e. The Hall–Kier alpha value is -2.24. The molecule has 0 aliphatic carbocycles. The van der Waals surface area contributed by atoms with Gasteiger partial charge in [-0.3, -0.25) is 4.79 Å². The van der Waals surface area contributed by atoms with Crippen LogP contribution in [0.25, 0.3) is 0 Å². The van der Waals surface area contributed by atoms with Gasteiger partial charge in [0.2, 0.25) is 5.91 Å². The van der Waals surface area contributed by atoms with Gasteiger partial charge in [0.15, 0.2) is 6.10 Å². The lowest BCUT2D eigenvalue weighted by Crippen LogP contribution is -2.38. The molecule has 0 fully saturated rings. The van der Waals surface area contributed by atoms with E-state index in [1.54, 1.807) is 11.0 Å². The topological polar surface area (TPSA) is 41.9 Å². The highest BCUT2D eigenvalue weighted by Gasteiger charge is 2.27. The van der Waals surface area contributed by atoms with Gasteiger partial charge in [0.05, 0.1) is 12.3 Å². The average Bonchev–Trinajstić information content (AvgIpc) is 2.94. The Balaban J connectivity index is 2.00. The average molecular weight is 336 g/mol. The fraction of sp³-hybridized carbons (Fsp3) is 0.444. The summed E-state index contributed by atoms with van der Waals surface area (Å²) in [7, 11) is 0. The van der Waals surface area contributed by atoms with E-state index in [0.29, 0.717) is 31.6 Å². The Morgan fingerprint density at radius 2 is 2.25 bits per heavy atom. The van der Waals surface area contributed by atoms with Crippen LogP contribution in [0.4, 0.5) is 8.78 Å². The Labute approximate surface area is 140 Å². The summed E-state index contributed by atoms with van der Waals surface area (Å²) in [5.41, 5.74) is 0.648. The number of halogens is 2. The molecule has 4 nitrogen and oxygen atoms in total. The molecule has 0 unspecified atom stereocenters. The molecule has 0 spiro atoms. The molecule has 1 amide bonds. The predicted molar refractivity (Wildman–Crippen MR) is 88.6 cm³/mol. The first-order valence-electron chi connectivity index (χ1n) is 7.97. The summed E-state index contributed by atoms with van der Waals surface area (Å²) < 4.78 is 26.8. The van der Waals surface area contributed by atoms with Gasteiger partial charge in [0.25, 0.3) is 0 Å². The second-order valence-electron chi connectivity index (χ2n) is 6.28. The van der Waals surface area contributed by atoms with E-state index in [9.17, 15) is 13.6 Å². The summed E-state index contributed by atoms with van der Waals surface area (Å²) in [6, 6.07) is 3.35. The number of hydrogen-bond acceptors (Lipinski definition) is 3. The maximum atomic E-state index is 13.8. The SMILES string of the molecule is C=CCN(C[C@@H]1CC(c2ccc(F)cc2F)=NO1)C(=O)CC(C)C. The molecule has 6 heteroatoms. The van der Waals surface area contributed by atoms with E-state index in [1.165, 1.54) is 12.1 Å². The third-order valence-corrected chi connectivity index (χ3v) is 3.68. The Morgan fingerprint density at radius 1 is 1.50 bits per heavy atom. The Bertz CT molecular complexity index is 644. The van der Waals surface area contributed by atoms with Gasteiger partial charge in [-0.2, -0.15) is 0 Å². The van der Waals surface area contributed by atoms with Crippen LogP contribution in [0.5, 0.6) is 0 Å². The summed E-state index contributed by atoms with van der Waals surface area (Å²) in [4.78, 5) is 19.3. The molecular formula is C18H22F2N2O2. The molecule has 2 rings (SSSR count). The quantitative estimate of drug-likeness (QED) is 0.715. The Morgan fingerprint density at radius 3 is 2.88 bits per heavy atom. The number of amides is 1. The van der Waals surface area contributed by atoms with Crippen LogP contribution in [-0.4, -0.2) is 35.7 Å². The fourth-order valence-corrected chi connectivity index (χ4v) is 2.57. The van der Waals surface area contributed by atoms with E-state index < -0.39 is 11.6 Å².